The molecule has 0 radical (unpaired) electrons. The van der Waals surface area contributed by atoms with Crippen LogP contribution in [0.4, 0.5) is 0 Å². The number of carbonyl (C=O) groups excluding carboxylic acids is 1. The number of hydrogen-bond acceptors (Lipinski definition) is 4. The van der Waals surface area contributed by atoms with Crippen LogP contribution < -0.4 is 0 Å². The largest absolute Gasteiger partial charge is 0.389 e. The summed E-state index contributed by atoms with van der Waals surface area (Å²) >= 11 is 0. The molecule has 3 aromatic rings. The highest BCUT2D eigenvalue weighted by atomic mass is 16.3. The van der Waals surface area contributed by atoms with Gasteiger partial charge in [-0.25, -0.2) is 4.68 Å². The first kappa shape index (κ1) is 13.5. The number of carbonyl (C=O) groups is 1. The highest BCUT2D eigenvalue weighted by molar-refractivity contribution is 5.83. The molecule has 3 rings (SSSR count). The van der Waals surface area contributed by atoms with E-state index in [0.717, 1.165) is 22.2 Å². The third-order valence-corrected chi connectivity index (χ3v) is 3.29. The van der Waals surface area contributed by atoms with E-state index < -0.39 is 6.10 Å². The summed E-state index contributed by atoms with van der Waals surface area (Å²) in [5.74, 6) is 0.0471. The average molecular weight is 284 g/mol. The average Bonchev–Trinajstić information content (AvgIpc) is 3.04. The fraction of sp³-hybridized carbons (Fsp3) is 0.267. The van der Waals surface area contributed by atoms with Gasteiger partial charge in [-0.3, -0.25) is 9.48 Å². The number of aliphatic hydroxyl groups is 1. The lowest BCUT2D eigenvalue weighted by Gasteiger charge is -2.12. The highest BCUT2D eigenvalue weighted by Gasteiger charge is 2.14. The first-order valence-electron chi connectivity index (χ1n) is 6.73. The third kappa shape index (κ3) is 2.57. The van der Waals surface area contributed by atoms with E-state index in [-0.39, 0.29) is 12.3 Å². The number of nitrogens with zero attached hydrogens (tertiary/aromatic N) is 4. The summed E-state index contributed by atoms with van der Waals surface area (Å²) in [7, 11) is 0. The number of aromatic nitrogens is 4. The first-order chi connectivity index (χ1) is 10.0. The summed E-state index contributed by atoms with van der Waals surface area (Å²) in [6.45, 7) is 3.49. The normalized spacial score (nSPS) is 12.7. The van der Waals surface area contributed by atoms with Gasteiger partial charge < -0.3 is 5.11 Å². The molecule has 0 bridgehead atoms. The fourth-order valence-corrected chi connectivity index (χ4v) is 2.38. The van der Waals surface area contributed by atoms with Crippen molar-refractivity contribution < 1.29 is 9.90 Å². The summed E-state index contributed by atoms with van der Waals surface area (Å²) in [4.78, 5) is 11.2. The summed E-state index contributed by atoms with van der Waals surface area (Å²) in [6.07, 6.45) is 4.71. The molecular weight excluding hydrogens is 268 g/mol. The third-order valence-electron chi connectivity index (χ3n) is 3.29. The van der Waals surface area contributed by atoms with Crippen LogP contribution in [0.5, 0.6) is 0 Å². The molecule has 0 saturated heterocycles. The van der Waals surface area contributed by atoms with E-state index >= 15 is 0 Å². The van der Waals surface area contributed by atoms with Gasteiger partial charge in [0.1, 0.15) is 0 Å². The summed E-state index contributed by atoms with van der Waals surface area (Å²) in [5, 5.41) is 19.5. The lowest BCUT2D eigenvalue weighted by molar-refractivity contribution is -0.117. The van der Waals surface area contributed by atoms with Gasteiger partial charge in [0.15, 0.2) is 5.78 Å². The molecule has 2 aromatic heterocycles. The van der Waals surface area contributed by atoms with Crippen molar-refractivity contribution in [3.63, 3.8) is 0 Å². The monoisotopic (exact) mass is 284 g/mol. The Hall–Kier alpha value is -2.47. The Kier molecular flexibility index (Phi) is 3.31. The van der Waals surface area contributed by atoms with E-state index in [9.17, 15) is 9.90 Å². The Morgan fingerprint density at radius 3 is 2.86 bits per heavy atom. The lowest BCUT2D eigenvalue weighted by atomic mass is 10.1. The van der Waals surface area contributed by atoms with Crippen molar-refractivity contribution in [1.82, 2.24) is 19.6 Å². The highest BCUT2D eigenvalue weighted by Crippen LogP contribution is 2.26. The van der Waals surface area contributed by atoms with Gasteiger partial charge in [0.2, 0.25) is 0 Å². The molecule has 2 heterocycles. The zero-order valence-electron chi connectivity index (χ0n) is 11.9. The molecule has 1 N–H and O–H groups in total. The first-order valence-corrected chi connectivity index (χ1v) is 6.73. The van der Waals surface area contributed by atoms with Gasteiger partial charge in [0.05, 0.1) is 23.9 Å². The molecule has 1 atom stereocenters. The van der Waals surface area contributed by atoms with Gasteiger partial charge in [-0.05, 0) is 32.0 Å². The van der Waals surface area contributed by atoms with Crippen LogP contribution in [0.1, 0.15) is 25.5 Å². The number of fused-ring (bicyclic) bond motifs is 1. The maximum Gasteiger partial charge on any atom is 0.151 e. The smallest absolute Gasteiger partial charge is 0.151 e. The number of Topliss-reactive ketones (excluding diaryl/α,β-unsaturated/α-hetero) is 1. The summed E-state index contributed by atoms with van der Waals surface area (Å²) in [5.41, 5.74) is 2.31. The lowest BCUT2D eigenvalue weighted by Crippen LogP contribution is -2.06. The number of ketones is 1. The van der Waals surface area contributed by atoms with Gasteiger partial charge in [-0.15, -0.1) is 0 Å². The number of aliphatic hydroxyl groups excluding tert-OH is 1. The van der Waals surface area contributed by atoms with Crippen molar-refractivity contribution in [1.29, 1.82) is 0 Å². The van der Waals surface area contributed by atoms with E-state index in [2.05, 4.69) is 10.2 Å². The van der Waals surface area contributed by atoms with E-state index in [1.165, 1.54) is 6.92 Å². The zero-order valence-corrected chi connectivity index (χ0v) is 11.9. The SMILES string of the molecule is CC(=O)Cn1cc2cc(-n3cccn3)c([C@@H](C)O)cc2n1. The molecule has 0 fully saturated rings. The second-order valence-corrected chi connectivity index (χ2v) is 5.13. The minimum absolute atomic E-state index is 0.0471. The van der Waals surface area contributed by atoms with Gasteiger partial charge in [0.25, 0.3) is 0 Å². The second-order valence-electron chi connectivity index (χ2n) is 5.13. The van der Waals surface area contributed by atoms with Crippen molar-refractivity contribution in [3.8, 4) is 5.69 Å². The Bertz CT molecular complexity index is 787. The Labute approximate surface area is 121 Å². The summed E-state index contributed by atoms with van der Waals surface area (Å²) < 4.78 is 3.33. The predicted octanol–water partition coefficient (Wildman–Crippen LogP) is 1.86. The molecular formula is C15H16N4O2. The van der Waals surface area contributed by atoms with Crippen LogP contribution in [-0.4, -0.2) is 30.5 Å². The maximum absolute atomic E-state index is 11.2. The Morgan fingerprint density at radius 2 is 2.24 bits per heavy atom. The van der Waals surface area contributed by atoms with Crippen molar-refractivity contribution >= 4 is 16.7 Å². The van der Waals surface area contributed by atoms with Crippen LogP contribution in [0.3, 0.4) is 0 Å². The molecule has 0 aliphatic carbocycles. The Balaban J connectivity index is 2.17. The molecule has 0 aliphatic rings. The van der Waals surface area contributed by atoms with Crippen LogP contribution in [0, 0.1) is 0 Å². The molecule has 0 spiro atoms. The number of hydrogen-bond donors (Lipinski definition) is 1. The van der Waals surface area contributed by atoms with Crippen molar-refractivity contribution in [2.45, 2.75) is 26.5 Å². The maximum atomic E-state index is 11.2. The van der Waals surface area contributed by atoms with Crippen LogP contribution in [0.25, 0.3) is 16.6 Å². The molecule has 108 valence electrons. The van der Waals surface area contributed by atoms with Gasteiger partial charge >= 0.3 is 0 Å². The van der Waals surface area contributed by atoms with Gasteiger partial charge in [-0.1, -0.05) is 0 Å². The quantitative estimate of drug-likeness (QED) is 0.793. The van der Waals surface area contributed by atoms with Gasteiger partial charge in [0, 0.05) is 29.5 Å². The zero-order chi connectivity index (χ0) is 15.0. The van der Waals surface area contributed by atoms with Crippen LogP contribution in [0.15, 0.2) is 36.8 Å². The molecule has 1 aromatic carbocycles. The standard InChI is InChI=1S/C15H16N4O2/c1-10(20)8-18-9-12-6-15(19-5-3-4-16-19)13(11(2)21)7-14(12)17-18/h3-7,9,11,21H,8H2,1-2H3/t11-/m1/s1. The molecule has 6 heteroatoms. The van der Waals surface area contributed by atoms with E-state index in [1.54, 1.807) is 22.5 Å². The molecule has 0 saturated carbocycles. The van der Waals surface area contributed by atoms with Crippen LogP contribution in [-0.2, 0) is 11.3 Å². The fourth-order valence-electron chi connectivity index (χ4n) is 2.38. The second kappa shape index (κ2) is 5.14. The van der Waals surface area contributed by atoms with E-state index in [1.807, 2.05) is 30.6 Å². The summed E-state index contributed by atoms with van der Waals surface area (Å²) in [6, 6.07) is 5.59. The number of rotatable bonds is 4. The minimum Gasteiger partial charge on any atom is -0.389 e. The molecule has 6 nitrogen and oxygen atoms in total. The van der Waals surface area contributed by atoms with Crippen molar-refractivity contribution in [2.24, 2.45) is 0 Å². The van der Waals surface area contributed by atoms with Crippen LogP contribution >= 0.6 is 0 Å². The molecule has 21 heavy (non-hydrogen) atoms. The predicted molar refractivity (Wildman–Crippen MR) is 78.2 cm³/mol. The number of benzene rings is 1. The Morgan fingerprint density at radius 1 is 1.43 bits per heavy atom. The topological polar surface area (TPSA) is 72.9 Å². The minimum atomic E-state index is -0.633. The molecule has 0 amide bonds. The van der Waals surface area contributed by atoms with Crippen molar-refractivity contribution in [3.05, 3.63) is 42.4 Å². The van der Waals surface area contributed by atoms with Crippen LogP contribution in [0.2, 0.25) is 0 Å². The van der Waals surface area contributed by atoms with E-state index in [4.69, 9.17) is 0 Å². The molecule has 0 aliphatic heterocycles. The molecule has 0 unspecified atom stereocenters. The van der Waals surface area contributed by atoms with Crippen molar-refractivity contribution in [2.75, 3.05) is 0 Å². The van der Waals surface area contributed by atoms with Gasteiger partial charge in [-0.2, -0.15) is 10.2 Å². The van der Waals surface area contributed by atoms with E-state index in [0.29, 0.717) is 0 Å².